The molecule has 1 amide bonds. The van der Waals surface area contributed by atoms with Crippen molar-refractivity contribution in [2.45, 2.75) is 13.0 Å². The van der Waals surface area contributed by atoms with Crippen molar-refractivity contribution < 1.29 is 9.90 Å². The standard InChI is InChI=1S/C9H13ClN2O2/c1-6(13)5-12(2)9(14)8-3-7(10)4-11-8/h3-4,6,11,13H,5H2,1-2H3. The number of amides is 1. The molecule has 1 atom stereocenters. The van der Waals surface area contributed by atoms with Crippen LogP contribution in [0.3, 0.4) is 0 Å². The maximum absolute atomic E-state index is 11.6. The smallest absolute Gasteiger partial charge is 0.270 e. The number of H-pyrrole nitrogens is 1. The molecule has 4 nitrogen and oxygen atoms in total. The van der Waals surface area contributed by atoms with E-state index in [1.54, 1.807) is 26.2 Å². The van der Waals surface area contributed by atoms with Gasteiger partial charge >= 0.3 is 0 Å². The minimum absolute atomic E-state index is 0.183. The van der Waals surface area contributed by atoms with E-state index in [2.05, 4.69) is 4.98 Å². The van der Waals surface area contributed by atoms with E-state index in [0.29, 0.717) is 17.3 Å². The summed E-state index contributed by atoms with van der Waals surface area (Å²) in [5.41, 5.74) is 0.429. The third-order valence-corrected chi connectivity index (χ3v) is 1.98. The molecule has 0 bridgehead atoms. The summed E-state index contributed by atoms with van der Waals surface area (Å²) in [6, 6.07) is 1.56. The van der Waals surface area contributed by atoms with Gasteiger partial charge in [-0.25, -0.2) is 0 Å². The first kappa shape index (κ1) is 11.1. The number of aromatic amines is 1. The third kappa shape index (κ3) is 2.75. The van der Waals surface area contributed by atoms with Crippen LogP contribution in [0.25, 0.3) is 0 Å². The molecule has 0 spiro atoms. The average Bonchev–Trinajstić information content (AvgIpc) is 2.49. The predicted octanol–water partition coefficient (Wildman–Crippen LogP) is 1.12. The topological polar surface area (TPSA) is 56.3 Å². The van der Waals surface area contributed by atoms with E-state index >= 15 is 0 Å². The fourth-order valence-electron chi connectivity index (χ4n) is 1.18. The summed E-state index contributed by atoms with van der Waals surface area (Å²) < 4.78 is 0. The first-order chi connectivity index (χ1) is 6.50. The van der Waals surface area contributed by atoms with Gasteiger partial charge in [-0.2, -0.15) is 0 Å². The molecule has 0 saturated heterocycles. The highest BCUT2D eigenvalue weighted by Gasteiger charge is 2.14. The summed E-state index contributed by atoms with van der Waals surface area (Å²) in [5, 5.41) is 9.59. The zero-order chi connectivity index (χ0) is 10.7. The Kier molecular flexibility index (Phi) is 3.55. The van der Waals surface area contributed by atoms with Gasteiger partial charge in [0.2, 0.25) is 0 Å². The molecule has 1 aromatic rings. The van der Waals surface area contributed by atoms with Crippen LogP contribution in [0.4, 0.5) is 0 Å². The molecular formula is C9H13ClN2O2. The van der Waals surface area contributed by atoms with Crippen molar-refractivity contribution in [3.63, 3.8) is 0 Å². The largest absolute Gasteiger partial charge is 0.392 e. The highest BCUT2D eigenvalue weighted by atomic mass is 35.5. The molecule has 0 fully saturated rings. The molecule has 5 heteroatoms. The van der Waals surface area contributed by atoms with E-state index in [4.69, 9.17) is 16.7 Å². The molecule has 2 N–H and O–H groups in total. The molecule has 0 saturated carbocycles. The second-order valence-corrected chi connectivity index (χ2v) is 3.70. The number of aromatic nitrogens is 1. The number of aliphatic hydroxyl groups excluding tert-OH is 1. The molecule has 0 aliphatic rings. The van der Waals surface area contributed by atoms with Crippen LogP contribution >= 0.6 is 11.6 Å². The van der Waals surface area contributed by atoms with Gasteiger partial charge in [0.1, 0.15) is 5.69 Å². The van der Waals surface area contributed by atoms with Crippen molar-refractivity contribution in [2.24, 2.45) is 0 Å². The average molecular weight is 217 g/mol. The molecule has 78 valence electrons. The van der Waals surface area contributed by atoms with Crippen LogP contribution in [-0.4, -0.2) is 40.6 Å². The van der Waals surface area contributed by atoms with Gasteiger partial charge in [-0.05, 0) is 13.0 Å². The van der Waals surface area contributed by atoms with Crippen molar-refractivity contribution in [2.75, 3.05) is 13.6 Å². The Morgan fingerprint density at radius 1 is 1.79 bits per heavy atom. The van der Waals surface area contributed by atoms with Crippen LogP contribution in [0.2, 0.25) is 5.02 Å². The molecule has 1 aromatic heterocycles. The third-order valence-electron chi connectivity index (χ3n) is 1.76. The summed E-state index contributed by atoms with van der Waals surface area (Å²) in [6.45, 7) is 1.93. The molecule has 1 unspecified atom stereocenters. The van der Waals surface area contributed by atoms with Gasteiger partial charge in [0, 0.05) is 19.8 Å². The van der Waals surface area contributed by atoms with E-state index in [1.165, 1.54) is 4.90 Å². The zero-order valence-corrected chi connectivity index (χ0v) is 8.88. The number of rotatable bonds is 3. The Labute approximate surface area is 87.5 Å². The van der Waals surface area contributed by atoms with E-state index in [9.17, 15) is 4.79 Å². The van der Waals surface area contributed by atoms with Gasteiger partial charge < -0.3 is 15.0 Å². The second kappa shape index (κ2) is 4.48. The maximum Gasteiger partial charge on any atom is 0.270 e. The van der Waals surface area contributed by atoms with Crippen molar-refractivity contribution in [1.29, 1.82) is 0 Å². The normalized spacial score (nSPS) is 12.6. The van der Waals surface area contributed by atoms with Crippen molar-refractivity contribution in [3.8, 4) is 0 Å². The van der Waals surface area contributed by atoms with Crippen molar-refractivity contribution >= 4 is 17.5 Å². The van der Waals surface area contributed by atoms with Gasteiger partial charge in [0.25, 0.3) is 5.91 Å². The summed E-state index contributed by atoms with van der Waals surface area (Å²) in [7, 11) is 1.63. The van der Waals surface area contributed by atoms with Gasteiger partial charge in [-0.1, -0.05) is 11.6 Å². The first-order valence-corrected chi connectivity index (χ1v) is 4.66. The van der Waals surface area contributed by atoms with E-state index in [1.807, 2.05) is 0 Å². The van der Waals surface area contributed by atoms with Crippen LogP contribution in [0.15, 0.2) is 12.3 Å². The number of likely N-dealkylation sites (N-methyl/N-ethyl adjacent to an activating group) is 1. The van der Waals surface area contributed by atoms with E-state index < -0.39 is 6.10 Å². The number of halogens is 1. The summed E-state index contributed by atoms with van der Waals surface area (Å²) >= 11 is 5.66. The monoisotopic (exact) mass is 216 g/mol. The molecule has 0 aliphatic carbocycles. The fourth-order valence-corrected chi connectivity index (χ4v) is 1.34. The number of carbonyl (C=O) groups excluding carboxylic acids is 1. The molecule has 1 rings (SSSR count). The lowest BCUT2D eigenvalue weighted by Gasteiger charge is -2.17. The van der Waals surface area contributed by atoms with E-state index in [-0.39, 0.29) is 5.91 Å². The zero-order valence-electron chi connectivity index (χ0n) is 8.12. The maximum atomic E-state index is 11.6. The summed E-state index contributed by atoms with van der Waals surface area (Å²) in [4.78, 5) is 15.8. The lowest BCUT2D eigenvalue weighted by atomic mass is 10.3. The molecule has 0 radical (unpaired) electrons. The molecule has 14 heavy (non-hydrogen) atoms. The fraction of sp³-hybridized carbons (Fsp3) is 0.444. The van der Waals surface area contributed by atoms with Gasteiger partial charge in [-0.3, -0.25) is 4.79 Å². The Morgan fingerprint density at radius 3 is 2.86 bits per heavy atom. The SMILES string of the molecule is CC(O)CN(C)C(=O)c1cc(Cl)c[nH]1. The molecule has 1 heterocycles. The number of aliphatic hydroxyl groups is 1. The number of hydrogen-bond donors (Lipinski definition) is 2. The number of nitrogens with one attached hydrogen (secondary N) is 1. The molecular weight excluding hydrogens is 204 g/mol. The van der Waals surface area contributed by atoms with Gasteiger partial charge in [0.05, 0.1) is 11.1 Å². The minimum Gasteiger partial charge on any atom is -0.392 e. The number of hydrogen-bond acceptors (Lipinski definition) is 2. The lowest BCUT2D eigenvalue weighted by Crippen LogP contribution is -2.33. The summed E-state index contributed by atoms with van der Waals surface area (Å²) in [6.07, 6.45) is 1.01. The highest BCUT2D eigenvalue weighted by Crippen LogP contribution is 2.11. The predicted molar refractivity (Wildman–Crippen MR) is 54.4 cm³/mol. The minimum atomic E-state index is -0.533. The van der Waals surface area contributed by atoms with Gasteiger partial charge in [-0.15, -0.1) is 0 Å². The van der Waals surface area contributed by atoms with Crippen LogP contribution in [0.1, 0.15) is 17.4 Å². The number of carbonyl (C=O) groups is 1. The number of nitrogens with zero attached hydrogens (tertiary/aromatic N) is 1. The Balaban J connectivity index is 2.65. The van der Waals surface area contributed by atoms with Crippen LogP contribution in [0, 0.1) is 0 Å². The second-order valence-electron chi connectivity index (χ2n) is 3.27. The van der Waals surface area contributed by atoms with E-state index in [0.717, 1.165) is 0 Å². The van der Waals surface area contributed by atoms with Crippen molar-refractivity contribution in [3.05, 3.63) is 23.0 Å². The summed E-state index contributed by atoms with van der Waals surface area (Å²) in [5.74, 6) is -0.183. The van der Waals surface area contributed by atoms with Crippen LogP contribution in [0.5, 0.6) is 0 Å². The Morgan fingerprint density at radius 2 is 2.43 bits per heavy atom. The molecule has 0 aliphatic heterocycles. The Hall–Kier alpha value is -1.00. The van der Waals surface area contributed by atoms with Crippen LogP contribution in [-0.2, 0) is 0 Å². The Bertz CT molecular complexity index is 322. The van der Waals surface area contributed by atoms with Crippen molar-refractivity contribution in [1.82, 2.24) is 9.88 Å². The van der Waals surface area contributed by atoms with Crippen LogP contribution < -0.4 is 0 Å². The first-order valence-electron chi connectivity index (χ1n) is 4.28. The lowest BCUT2D eigenvalue weighted by molar-refractivity contribution is 0.0699. The molecule has 0 aromatic carbocycles. The highest BCUT2D eigenvalue weighted by molar-refractivity contribution is 6.30. The van der Waals surface area contributed by atoms with Gasteiger partial charge in [0.15, 0.2) is 0 Å². The quantitative estimate of drug-likeness (QED) is 0.796.